The topological polar surface area (TPSA) is 95.2 Å². The van der Waals surface area contributed by atoms with Crippen molar-refractivity contribution in [2.24, 2.45) is 0 Å². The van der Waals surface area contributed by atoms with E-state index in [1.807, 2.05) is 0 Å². The molecule has 0 bridgehead atoms. The van der Waals surface area contributed by atoms with E-state index in [9.17, 15) is 10.1 Å². The number of ether oxygens (including phenoxy) is 1. The summed E-state index contributed by atoms with van der Waals surface area (Å²) in [7, 11) is 1.56. The molecule has 2 N–H and O–H groups in total. The van der Waals surface area contributed by atoms with E-state index in [1.165, 1.54) is 12.3 Å². The molecule has 0 saturated heterocycles. The van der Waals surface area contributed by atoms with Crippen molar-refractivity contribution in [3.05, 3.63) is 64.8 Å². The Morgan fingerprint density at radius 3 is 2.85 bits per heavy atom. The molecule has 0 aliphatic carbocycles. The second-order valence-electron chi connectivity index (χ2n) is 5.58. The summed E-state index contributed by atoms with van der Waals surface area (Å²) in [5.74, 6) is -0.405. The largest absolute Gasteiger partial charge is 0.497 e. The van der Waals surface area contributed by atoms with E-state index in [-0.39, 0.29) is 0 Å². The number of fused-ring (bicyclic) bond motifs is 1. The molecule has 0 saturated carbocycles. The molecule has 1 aromatic heterocycles. The molecule has 0 aliphatic heterocycles. The number of hydrogen-bond donors (Lipinski definition) is 2. The maximum absolute atomic E-state index is 10.7. The normalized spacial score (nSPS) is 10.7. The number of nitriles is 1. The summed E-state index contributed by atoms with van der Waals surface area (Å²) in [5.41, 5.74) is 2.81. The highest BCUT2D eigenvalue weighted by Crippen LogP contribution is 2.34. The van der Waals surface area contributed by atoms with E-state index in [0.29, 0.717) is 44.2 Å². The molecule has 0 amide bonds. The standard InChI is InChI=1S/C20H14ClN3O3/c1-27-14-4-6-16(21)18(9-14)24-20-13(10-22)11-23-17-8-12(2-5-15(17)20)3-7-19(25)26/h2-9,11H,1H3,(H,23,24)(H,25,26)/b7-3+. The van der Waals surface area contributed by atoms with Crippen molar-refractivity contribution >= 4 is 45.9 Å². The van der Waals surface area contributed by atoms with Crippen molar-refractivity contribution < 1.29 is 14.6 Å². The van der Waals surface area contributed by atoms with Crippen LogP contribution in [-0.2, 0) is 4.79 Å². The van der Waals surface area contributed by atoms with Crippen LogP contribution >= 0.6 is 11.6 Å². The van der Waals surface area contributed by atoms with Gasteiger partial charge in [-0.2, -0.15) is 5.26 Å². The number of rotatable bonds is 5. The van der Waals surface area contributed by atoms with Crippen molar-refractivity contribution in [1.29, 1.82) is 5.26 Å². The lowest BCUT2D eigenvalue weighted by atomic mass is 10.1. The van der Waals surface area contributed by atoms with Gasteiger partial charge in [-0.1, -0.05) is 23.7 Å². The zero-order valence-electron chi connectivity index (χ0n) is 14.2. The van der Waals surface area contributed by atoms with Gasteiger partial charge in [0.25, 0.3) is 0 Å². The van der Waals surface area contributed by atoms with Gasteiger partial charge in [0.05, 0.1) is 34.6 Å². The lowest BCUT2D eigenvalue weighted by Crippen LogP contribution is -1.98. The summed E-state index contributed by atoms with van der Waals surface area (Å²) in [4.78, 5) is 15.0. The Bertz CT molecular complexity index is 1100. The third-order valence-corrected chi connectivity index (χ3v) is 4.19. The Labute approximate surface area is 160 Å². The second kappa shape index (κ2) is 7.77. The second-order valence-corrected chi connectivity index (χ2v) is 5.98. The van der Waals surface area contributed by atoms with Gasteiger partial charge in [0, 0.05) is 23.7 Å². The number of hydrogen-bond acceptors (Lipinski definition) is 5. The van der Waals surface area contributed by atoms with E-state index in [1.54, 1.807) is 43.5 Å². The summed E-state index contributed by atoms with van der Waals surface area (Å²) < 4.78 is 5.22. The zero-order chi connectivity index (χ0) is 19.4. The number of anilines is 2. The number of carboxylic acid groups (broad SMARTS) is 1. The average molecular weight is 380 g/mol. The molecule has 2 aromatic carbocycles. The third kappa shape index (κ3) is 4.00. The van der Waals surface area contributed by atoms with Crippen LogP contribution in [0.4, 0.5) is 11.4 Å². The fraction of sp³-hybridized carbons (Fsp3) is 0.0500. The van der Waals surface area contributed by atoms with Crippen molar-refractivity contribution in [3.8, 4) is 11.8 Å². The van der Waals surface area contributed by atoms with Gasteiger partial charge >= 0.3 is 5.97 Å². The molecular weight excluding hydrogens is 366 g/mol. The van der Waals surface area contributed by atoms with Gasteiger partial charge in [0.1, 0.15) is 11.8 Å². The average Bonchev–Trinajstić information content (AvgIpc) is 2.68. The molecule has 0 spiro atoms. The quantitative estimate of drug-likeness (QED) is 0.628. The van der Waals surface area contributed by atoms with E-state index in [4.69, 9.17) is 21.4 Å². The van der Waals surface area contributed by atoms with Gasteiger partial charge in [0.15, 0.2) is 0 Å². The molecule has 0 atom stereocenters. The molecular formula is C20H14ClN3O3. The van der Waals surface area contributed by atoms with Crippen molar-refractivity contribution in [2.45, 2.75) is 0 Å². The molecule has 27 heavy (non-hydrogen) atoms. The molecule has 0 radical (unpaired) electrons. The van der Waals surface area contributed by atoms with Crippen LogP contribution in [0.5, 0.6) is 5.75 Å². The fourth-order valence-electron chi connectivity index (χ4n) is 2.56. The smallest absolute Gasteiger partial charge is 0.328 e. The number of aliphatic carboxylic acids is 1. The monoisotopic (exact) mass is 379 g/mol. The van der Waals surface area contributed by atoms with Crippen LogP contribution in [0.2, 0.25) is 5.02 Å². The first-order valence-electron chi connectivity index (χ1n) is 7.86. The van der Waals surface area contributed by atoms with Gasteiger partial charge in [-0.05, 0) is 29.8 Å². The number of aromatic nitrogens is 1. The first-order chi connectivity index (χ1) is 13.0. The fourth-order valence-corrected chi connectivity index (χ4v) is 2.73. The van der Waals surface area contributed by atoms with Crippen LogP contribution in [0.15, 0.2) is 48.7 Å². The molecule has 134 valence electrons. The van der Waals surface area contributed by atoms with Crippen LogP contribution in [0.3, 0.4) is 0 Å². The highest BCUT2D eigenvalue weighted by molar-refractivity contribution is 6.33. The van der Waals surface area contributed by atoms with Crippen LogP contribution in [-0.4, -0.2) is 23.2 Å². The summed E-state index contributed by atoms with van der Waals surface area (Å²) >= 11 is 6.26. The predicted molar refractivity (Wildman–Crippen MR) is 104 cm³/mol. The number of nitrogens with zero attached hydrogens (tertiary/aromatic N) is 2. The Hall–Kier alpha value is -3.56. The zero-order valence-corrected chi connectivity index (χ0v) is 15.0. The number of carbonyl (C=O) groups is 1. The van der Waals surface area contributed by atoms with Gasteiger partial charge in [-0.15, -0.1) is 0 Å². The lowest BCUT2D eigenvalue weighted by molar-refractivity contribution is -0.131. The molecule has 1 heterocycles. The number of pyridine rings is 1. The predicted octanol–water partition coefficient (Wildman–Crippen LogP) is 4.61. The molecule has 0 unspecified atom stereocenters. The van der Waals surface area contributed by atoms with Gasteiger partial charge in [-0.3, -0.25) is 4.98 Å². The summed E-state index contributed by atoms with van der Waals surface area (Å²) in [6, 6.07) is 12.6. The Balaban J connectivity index is 2.11. The van der Waals surface area contributed by atoms with Gasteiger partial charge in [-0.25, -0.2) is 4.79 Å². The number of halogens is 1. The molecule has 3 aromatic rings. The van der Waals surface area contributed by atoms with E-state index in [2.05, 4.69) is 16.4 Å². The minimum Gasteiger partial charge on any atom is -0.497 e. The minimum absolute atomic E-state index is 0.357. The number of carboxylic acids is 1. The van der Waals surface area contributed by atoms with Crippen molar-refractivity contribution in [1.82, 2.24) is 4.98 Å². The first-order valence-corrected chi connectivity index (χ1v) is 8.24. The Kier molecular flexibility index (Phi) is 5.25. The van der Waals surface area contributed by atoms with Crippen LogP contribution in [0, 0.1) is 11.3 Å². The molecule has 6 nitrogen and oxygen atoms in total. The van der Waals surface area contributed by atoms with E-state index >= 15 is 0 Å². The van der Waals surface area contributed by atoms with Crippen LogP contribution in [0.25, 0.3) is 17.0 Å². The van der Waals surface area contributed by atoms with Gasteiger partial charge < -0.3 is 15.2 Å². The van der Waals surface area contributed by atoms with E-state index < -0.39 is 5.97 Å². The number of methoxy groups -OCH3 is 1. The summed E-state index contributed by atoms with van der Waals surface area (Å²) in [6.45, 7) is 0. The highest BCUT2D eigenvalue weighted by Gasteiger charge is 2.12. The Morgan fingerprint density at radius 2 is 2.15 bits per heavy atom. The first kappa shape index (κ1) is 18.2. The van der Waals surface area contributed by atoms with Crippen molar-refractivity contribution in [2.75, 3.05) is 12.4 Å². The third-order valence-electron chi connectivity index (χ3n) is 3.87. The van der Waals surface area contributed by atoms with Crippen LogP contribution < -0.4 is 10.1 Å². The Morgan fingerprint density at radius 1 is 1.33 bits per heavy atom. The molecule has 0 aliphatic rings. The molecule has 0 fully saturated rings. The lowest BCUT2D eigenvalue weighted by Gasteiger charge is -2.14. The minimum atomic E-state index is -1.03. The maximum Gasteiger partial charge on any atom is 0.328 e. The number of nitrogens with one attached hydrogen (secondary N) is 1. The number of benzene rings is 2. The summed E-state index contributed by atoms with van der Waals surface area (Å²) in [5, 5.41) is 22.6. The maximum atomic E-state index is 10.7. The van der Waals surface area contributed by atoms with Crippen molar-refractivity contribution in [3.63, 3.8) is 0 Å². The SMILES string of the molecule is COc1ccc(Cl)c(Nc2c(C#N)cnc3cc(/C=C/C(=O)O)ccc23)c1. The van der Waals surface area contributed by atoms with Crippen LogP contribution in [0.1, 0.15) is 11.1 Å². The molecule has 7 heteroatoms. The highest BCUT2D eigenvalue weighted by atomic mass is 35.5. The van der Waals surface area contributed by atoms with E-state index in [0.717, 1.165) is 6.08 Å². The summed E-state index contributed by atoms with van der Waals surface area (Å²) in [6.07, 6.45) is 4.00. The van der Waals surface area contributed by atoms with Gasteiger partial charge in [0.2, 0.25) is 0 Å². The molecule has 3 rings (SSSR count).